The molecule has 1 aliphatic rings. The molecule has 0 radical (unpaired) electrons. The molecule has 20 heavy (non-hydrogen) atoms. The van der Waals surface area contributed by atoms with Crippen LogP contribution >= 0.6 is 0 Å². The fraction of sp³-hybridized carbons (Fsp3) is 0.429. The monoisotopic (exact) mass is 279 g/mol. The van der Waals surface area contributed by atoms with Gasteiger partial charge in [0.1, 0.15) is 0 Å². The number of amides is 1. The number of hydrogen-bond donors (Lipinski definition) is 1. The molecule has 2 rings (SSSR count). The molecule has 0 fully saturated rings. The van der Waals surface area contributed by atoms with Crippen molar-refractivity contribution in [1.82, 2.24) is 0 Å². The van der Waals surface area contributed by atoms with Crippen molar-refractivity contribution >= 4 is 17.6 Å². The molecule has 108 valence electrons. The number of nitrogens with zero attached hydrogens (tertiary/aromatic N) is 1. The average Bonchev–Trinajstić information content (AvgIpc) is 2.73. The number of anilines is 1. The van der Waals surface area contributed by atoms with Crippen LogP contribution in [0.3, 0.4) is 0 Å². The van der Waals surface area contributed by atoms with Crippen LogP contribution in [0.15, 0.2) is 18.2 Å². The maximum Gasteiger partial charge on any atom is 0.335 e. The van der Waals surface area contributed by atoms with Crippen molar-refractivity contribution in [1.29, 1.82) is 0 Å². The maximum atomic E-state index is 11.9. The average molecular weight is 279 g/mol. The van der Waals surface area contributed by atoms with Crippen molar-refractivity contribution in [3.05, 3.63) is 29.3 Å². The molecule has 1 amide bonds. The van der Waals surface area contributed by atoms with Crippen molar-refractivity contribution in [2.75, 3.05) is 38.4 Å². The summed E-state index contributed by atoms with van der Waals surface area (Å²) < 4.78 is 10.2. The number of benzene rings is 1. The molecule has 0 atom stereocenters. The van der Waals surface area contributed by atoms with Gasteiger partial charge in [0.2, 0.25) is 5.91 Å². The van der Waals surface area contributed by atoms with E-state index < -0.39 is 5.97 Å². The van der Waals surface area contributed by atoms with E-state index in [0.717, 1.165) is 11.3 Å². The van der Waals surface area contributed by atoms with E-state index in [4.69, 9.17) is 14.6 Å². The molecule has 1 aliphatic heterocycles. The minimum atomic E-state index is -0.985. The first-order chi connectivity index (χ1) is 9.63. The van der Waals surface area contributed by atoms with Gasteiger partial charge in [0, 0.05) is 19.3 Å². The number of carboxylic acids is 1. The Morgan fingerprint density at radius 1 is 1.35 bits per heavy atom. The molecule has 0 unspecified atom stereocenters. The molecular weight excluding hydrogens is 262 g/mol. The van der Waals surface area contributed by atoms with Crippen LogP contribution in [-0.4, -0.2) is 50.5 Å². The number of carboxylic acid groups (broad SMARTS) is 1. The number of ether oxygens (including phenoxy) is 2. The summed E-state index contributed by atoms with van der Waals surface area (Å²) in [7, 11) is 1.60. The van der Waals surface area contributed by atoms with Crippen LogP contribution in [0.2, 0.25) is 0 Å². The standard InChI is InChI=1S/C14H17NO5/c1-19-6-7-20-5-4-15-12-3-2-10(14(17)18)8-11(12)9-13(15)16/h2-3,8H,4-7,9H2,1H3,(H,17,18). The van der Waals surface area contributed by atoms with E-state index in [1.54, 1.807) is 24.1 Å². The van der Waals surface area contributed by atoms with Crippen molar-refractivity contribution < 1.29 is 24.2 Å². The number of carbonyl (C=O) groups excluding carboxylic acids is 1. The number of hydrogen-bond acceptors (Lipinski definition) is 4. The van der Waals surface area contributed by atoms with Gasteiger partial charge in [-0.3, -0.25) is 4.79 Å². The highest BCUT2D eigenvalue weighted by Gasteiger charge is 2.27. The van der Waals surface area contributed by atoms with E-state index in [9.17, 15) is 9.59 Å². The van der Waals surface area contributed by atoms with Gasteiger partial charge in [-0.25, -0.2) is 4.79 Å². The predicted molar refractivity (Wildman–Crippen MR) is 72.2 cm³/mol. The number of methoxy groups -OCH3 is 1. The van der Waals surface area contributed by atoms with Crippen molar-refractivity contribution in [2.24, 2.45) is 0 Å². The van der Waals surface area contributed by atoms with Gasteiger partial charge in [-0.1, -0.05) is 0 Å². The van der Waals surface area contributed by atoms with Crippen LogP contribution in [0.25, 0.3) is 0 Å². The number of rotatable bonds is 7. The number of fused-ring (bicyclic) bond motifs is 1. The van der Waals surface area contributed by atoms with E-state index >= 15 is 0 Å². The quantitative estimate of drug-likeness (QED) is 0.752. The van der Waals surface area contributed by atoms with Gasteiger partial charge in [0.05, 0.1) is 31.8 Å². The molecule has 0 spiro atoms. The molecule has 0 bridgehead atoms. The van der Waals surface area contributed by atoms with Gasteiger partial charge < -0.3 is 19.5 Å². The molecule has 1 aromatic rings. The Labute approximate surface area is 116 Å². The van der Waals surface area contributed by atoms with Crippen molar-refractivity contribution in [3.8, 4) is 0 Å². The van der Waals surface area contributed by atoms with Gasteiger partial charge in [-0.05, 0) is 23.8 Å². The maximum absolute atomic E-state index is 11.9. The van der Waals surface area contributed by atoms with E-state index in [0.29, 0.717) is 26.4 Å². The highest BCUT2D eigenvalue weighted by atomic mass is 16.5. The minimum absolute atomic E-state index is 0.0297. The first kappa shape index (κ1) is 14.5. The zero-order valence-corrected chi connectivity index (χ0v) is 11.3. The SMILES string of the molecule is COCCOCCN1C(=O)Cc2cc(C(=O)O)ccc21. The zero-order valence-electron chi connectivity index (χ0n) is 11.3. The molecule has 1 heterocycles. The minimum Gasteiger partial charge on any atom is -0.478 e. The van der Waals surface area contributed by atoms with Gasteiger partial charge in [-0.15, -0.1) is 0 Å². The molecule has 1 aromatic carbocycles. The smallest absolute Gasteiger partial charge is 0.335 e. The molecule has 0 aromatic heterocycles. The fourth-order valence-electron chi connectivity index (χ4n) is 2.16. The zero-order chi connectivity index (χ0) is 14.5. The molecule has 6 heteroatoms. The van der Waals surface area contributed by atoms with E-state index in [2.05, 4.69) is 0 Å². The summed E-state index contributed by atoms with van der Waals surface area (Å²) >= 11 is 0. The lowest BCUT2D eigenvalue weighted by Gasteiger charge is -2.17. The first-order valence-electron chi connectivity index (χ1n) is 6.36. The van der Waals surface area contributed by atoms with Crippen LogP contribution in [0.4, 0.5) is 5.69 Å². The summed E-state index contributed by atoms with van der Waals surface area (Å²) in [5, 5.41) is 8.94. The van der Waals surface area contributed by atoms with Gasteiger partial charge >= 0.3 is 5.97 Å². The lowest BCUT2D eigenvalue weighted by atomic mass is 10.1. The summed E-state index contributed by atoms with van der Waals surface area (Å²) in [6.07, 6.45) is 0.245. The van der Waals surface area contributed by atoms with E-state index in [1.165, 1.54) is 6.07 Å². The molecule has 6 nitrogen and oxygen atoms in total. The Kier molecular flexibility index (Phi) is 4.70. The lowest BCUT2D eigenvalue weighted by molar-refractivity contribution is -0.117. The normalized spacial score (nSPS) is 13.7. The highest BCUT2D eigenvalue weighted by molar-refractivity contribution is 6.02. The predicted octanol–water partition coefficient (Wildman–Crippen LogP) is 0.937. The summed E-state index contributed by atoms with van der Waals surface area (Å²) in [4.78, 5) is 24.5. The van der Waals surface area contributed by atoms with Crippen LogP contribution < -0.4 is 4.90 Å². The Balaban J connectivity index is 1.99. The Bertz CT molecular complexity index is 514. The van der Waals surface area contributed by atoms with Gasteiger partial charge in [0.15, 0.2) is 0 Å². The van der Waals surface area contributed by atoms with Crippen molar-refractivity contribution in [3.63, 3.8) is 0 Å². The Hall–Kier alpha value is -1.92. The fourth-order valence-corrected chi connectivity index (χ4v) is 2.16. The van der Waals surface area contributed by atoms with Crippen LogP contribution in [0, 0.1) is 0 Å². The molecule has 0 saturated carbocycles. The summed E-state index contributed by atoms with van der Waals surface area (Å²) in [6.45, 7) is 1.90. The lowest BCUT2D eigenvalue weighted by Crippen LogP contribution is -2.30. The second kappa shape index (κ2) is 6.49. The number of carbonyl (C=O) groups is 2. The topological polar surface area (TPSA) is 76.1 Å². The van der Waals surface area contributed by atoms with Crippen LogP contribution in [0.5, 0.6) is 0 Å². The van der Waals surface area contributed by atoms with Crippen LogP contribution in [-0.2, 0) is 20.7 Å². The summed E-state index contributed by atoms with van der Waals surface area (Å²) in [5.74, 6) is -1.01. The Morgan fingerprint density at radius 2 is 2.15 bits per heavy atom. The van der Waals surface area contributed by atoms with E-state index in [-0.39, 0.29) is 17.9 Å². The van der Waals surface area contributed by atoms with Crippen molar-refractivity contribution in [2.45, 2.75) is 6.42 Å². The number of aromatic carboxylic acids is 1. The molecule has 0 saturated heterocycles. The summed E-state index contributed by atoms with van der Waals surface area (Å²) in [6, 6.07) is 4.75. The van der Waals surface area contributed by atoms with Gasteiger partial charge in [0.25, 0.3) is 0 Å². The molecule has 1 N–H and O–H groups in total. The largest absolute Gasteiger partial charge is 0.478 e. The third-order valence-electron chi connectivity index (χ3n) is 3.15. The first-order valence-corrected chi connectivity index (χ1v) is 6.36. The van der Waals surface area contributed by atoms with Gasteiger partial charge in [-0.2, -0.15) is 0 Å². The molecular formula is C14H17NO5. The van der Waals surface area contributed by atoms with Crippen LogP contribution in [0.1, 0.15) is 15.9 Å². The molecule has 0 aliphatic carbocycles. The second-order valence-corrected chi connectivity index (χ2v) is 4.48. The third kappa shape index (κ3) is 3.15. The Morgan fingerprint density at radius 3 is 2.85 bits per heavy atom. The van der Waals surface area contributed by atoms with E-state index in [1.807, 2.05) is 0 Å². The second-order valence-electron chi connectivity index (χ2n) is 4.48. The third-order valence-corrected chi connectivity index (χ3v) is 3.15. The summed E-state index contributed by atoms with van der Waals surface area (Å²) in [5.41, 5.74) is 1.73. The highest BCUT2D eigenvalue weighted by Crippen LogP contribution is 2.29.